The van der Waals surface area contributed by atoms with Crippen LogP contribution < -0.4 is 5.32 Å². The molecule has 0 aliphatic heterocycles. The van der Waals surface area contributed by atoms with Gasteiger partial charge in [0, 0.05) is 22.6 Å². The maximum Gasteiger partial charge on any atom is 0.0506 e. The summed E-state index contributed by atoms with van der Waals surface area (Å²) in [7, 11) is 1.33. The normalized spacial score (nSPS) is 31.6. The molecule has 96 valence electrons. The quantitative estimate of drug-likeness (QED) is 0.825. The molecule has 3 heteroatoms. The van der Waals surface area contributed by atoms with Crippen LogP contribution in [-0.4, -0.2) is 28.3 Å². The zero-order chi connectivity index (χ0) is 12.3. The van der Waals surface area contributed by atoms with Crippen LogP contribution in [0.3, 0.4) is 0 Å². The van der Waals surface area contributed by atoms with E-state index >= 15 is 0 Å². The monoisotopic (exact) mass is 245 g/mol. The van der Waals surface area contributed by atoms with Gasteiger partial charge < -0.3 is 5.32 Å². The minimum absolute atomic E-state index is 0.344. The van der Waals surface area contributed by atoms with Crippen molar-refractivity contribution in [2.24, 2.45) is 11.3 Å². The molecular formula is C13H27NOS. The molecule has 0 spiro atoms. The topological polar surface area (TPSA) is 29.1 Å². The summed E-state index contributed by atoms with van der Waals surface area (Å²) >= 11 is 0. The first-order valence-corrected chi connectivity index (χ1v) is 7.78. The first kappa shape index (κ1) is 14.2. The summed E-state index contributed by atoms with van der Waals surface area (Å²) in [6.45, 7) is 8.91. The van der Waals surface area contributed by atoms with E-state index in [4.69, 9.17) is 0 Å². The molecule has 0 aromatic carbocycles. The van der Waals surface area contributed by atoms with Gasteiger partial charge in [-0.25, -0.2) is 0 Å². The van der Waals surface area contributed by atoms with E-state index < -0.39 is 10.8 Å². The molecule has 0 aromatic heterocycles. The molecule has 1 rings (SSSR count). The fourth-order valence-corrected chi connectivity index (χ4v) is 4.76. The molecular weight excluding hydrogens is 218 g/mol. The maximum absolute atomic E-state index is 12.3. The number of rotatable bonds is 4. The molecule has 0 amide bonds. The van der Waals surface area contributed by atoms with Crippen LogP contribution in [0.4, 0.5) is 0 Å². The zero-order valence-electron chi connectivity index (χ0n) is 11.4. The Morgan fingerprint density at radius 1 is 1.44 bits per heavy atom. The van der Waals surface area contributed by atoms with Gasteiger partial charge in [0.15, 0.2) is 0 Å². The lowest BCUT2D eigenvalue weighted by molar-refractivity contribution is 0.216. The highest BCUT2D eigenvalue weighted by Crippen LogP contribution is 2.37. The highest BCUT2D eigenvalue weighted by atomic mass is 32.2. The minimum atomic E-state index is -0.676. The summed E-state index contributed by atoms with van der Waals surface area (Å²) in [6, 6.07) is 0.451. The summed E-state index contributed by atoms with van der Waals surface area (Å²) in [4.78, 5) is 0. The van der Waals surface area contributed by atoms with Gasteiger partial charge in [0.25, 0.3) is 0 Å². The maximum atomic E-state index is 12.3. The summed E-state index contributed by atoms with van der Waals surface area (Å²) in [5.74, 6) is 1.38. The predicted octanol–water partition coefficient (Wildman–Crippen LogP) is 2.56. The first-order chi connectivity index (χ1) is 7.35. The van der Waals surface area contributed by atoms with Crippen LogP contribution in [0, 0.1) is 11.3 Å². The van der Waals surface area contributed by atoms with Crippen molar-refractivity contribution in [1.29, 1.82) is 0 Å². The van der Waals surface area contributed by atoms with Crippen molar-refractivity contribution in [2.75, 3.05) is 12.8 Å². The van der Waals surface area contributed by atoms with Gasteiger partial charge in [-0.3, -0.25) is 4.21 Å². The highest BCUT2D eigenvalue weighted by Gasteiger charge is 2.37. The summed E-state index contributed by atoms with van der Waals surface area (Å²) in [5, 5.41) is 3.70. The van der Waals surface area contributed by atoms with E-state index in [9.17, 15) is 4.21 Å². The van der Waals surface area contributed by atoms with Gasteiger partial charge in [-0.1, -0.05) is 27.7 Å². The van der Waals surface area contributed by atoms with Crippen molar-refractivity contribution in [2.45, 2.75) is 58.2 Å². The van der Waals surface area contributed by atoms with Crippen molar-refractivity contribution in [3.63, 3.8) is 0 Å². The average molecular weight is 245 g/mol. The Kier molecular flexibility index (Phi) is 4.99. The van der Waals surface area contributed by atoms with E-state index in [1.807, 2.05) is 7.05 Å². The average Bonchev–Trinajstić information content (AvgIpc) is 2.15. The zero-order valence-corrected chi connectivity index (χ0v) is 12.2. The number of nitrogens with one attached hydrogen (secondary N) is 1. The van der Waals surface area contributed by atoms with E-state index in [1.54, 1.807) is 0 Å². The van der Waals surface area contributed by atoms with E-state index in [1.165, 1.54) is 6.42 Å². The number of hydrogen-bond donors (Lipinski definition) is 1. The SMILES string of the molecule is CNC1CCC(C)(C)CC1S(=O)CC(C)C. The largest absolute Gasteiger partial charge is 0.316 e. The lowest BCUT2D eigenvalue weighted by atomic mass is 9.75. The van der Waals surface area contributed by atoms with E-state index in [0.29, 0.717) is 22.6 Å². The Morgan fingerprint density at radius 2 is 2.06 bits per heavy atom. The summed E-state index contributed by atoms with van der Waals surface area (Å²) < 4.78 is 12.3. The van der Waals surface area contributed by atoms with E-state index in [-0.39, 0.29) is 0 Å². The smallest absolute Gasteiger partial charge is 0.0506 e. The van der Waals surface area contributed by atoms with Gasteiger partial charge in [-0.15, -0.1) is 0 Å². The Hall–Kier alpha value is 0.110. The standard InChI is InChI=1S/C13H27NOS/c1-10(2)9-16(15)12-8-13(3,4)7-6-11(12)14-5/h10-12,14H,6-9H2,1-5H3. The Morgan fingerprint density at radius 3 is 2.56 bits per heavy atom. The van der Waals surface area contributed by atoms with Crippen LogP contribution in [0.1, 0.15) is 47.0 Å². The second-order valence-electron chi connectivity index (χ2n) is 6.28. The molecule has 1 saturated carbocycles. The van der Waals surface area contributed by atoms with Crippen molar-refractivity contribution >= 4 is 10.8 Å². The molecule has 1 N–H and O–H groups in total. The van der Waals surface area contributed by atoms with Gasteiger partial charge in [-0.05, 0) is 37.6 Å². The third kappa shape index (κ3) is 3.85. The molecule has 0 saturated heterocycles. The number of hydrogen-bond acceptors (Lipinski definition) is 2. The second-order valence-corrected chi connectivity index (χ2v) is 7.98. The van der Waals surface area contributed by atoms with E-state index in [0.717, 1.165) is 18.6 Å². The summed E-state index contributed by atoms with van der Waals surface area (Å²) in [5.41, 5.74) is 0.366. The Labute approximate surface area is 103 Å². The molecule has 0 aromatic rings. The molecule has 3 unspecified atom stereocenters. The molecule has 2 nitrogen and oxygen atoms in total. The van der Waals surface area contributed by atoms with Gasteiger partial charge in [-0.2, -0.15) is 0 Å². The van der Waals surface area contributed by atoms with E-state index in [2.05, 4.69) is 33.0 Å². The van der Waals surface area contributed by atoms with Crippen molar-refractivity contribution in [1.82, 2.24) is 5.32 Å². The van der Waals surface area contributed by atoms with Crippen LogP contribution in [0.2, 0.25) is 0 Å². The van der Waals surface area contributed by atoms with Gasteiger partial charge >= 0.3 is 0 Å². The fourth-order valence-electron chi connectivity index (χ4n) is 2.58. The molecule has 16 heavy (non-hydrogen) atoms. The van der Waals surface area contributed by atoms with Crippen molar-refractivity contribution in [3.8, 4) is 0 Å². The van der Waals surface area contributed by atoms with Crippen LogP contribution in [0.15, 0.2) is 0 Å². The molecule has 0 bridgehead atoms. The Balaban J connectivity index is 2.68. The van der Waals surface area contributed by atoms with Crippen LogP contribution in [0.25, 0.3) is 0 Å². The minimum Gasteiger partial charge on any atom is -0.316 e. The molecule has 0 heterocycles. The highest BCUT2D eigenvalue weighted by molar-refractivity contribution is 7.85. The molecule has 1 fully saturated rings. The fraction of sp³-hybridized carbons (Fsp3) is 1.00. The van der Waals surface area contributed by atoms with Crippen LogP contribution >= 0.6 is 0 Å². The summed E-state index contributed by atoms with van der Waals surface area (Å²) in [6.07, 6.45) is 3.50. The Bertz CT molecular complexity index is 250. The molecule has 3 atom stereocenters. The third-order valence-electron chi connectivity index (χ3n) is 3.54. The molecule has 0 radical (unpaired) electrons. The van der Waals surface area contributed by atoms with Crippen molar-refractivity contribution < 1.29 is 4.21 Å². The van der Waals surface area contributed by atoms with Gasteiger partial charge in [0.2, 0.25) is 0 Å². The lowest BCUT2D eigenvalue weighted by Gasteiger charge is -2.40. The van der Waals surface area contributed by atoms with Crippen LogP contribution in [-0.2, 0) is 10.8 Å². The third-order valence-corrected chi connectivity index (χ3v) is 5.71. The predicted molar refractivity (Wildman–Crippen MR) is 72.1 cm³/mol. The molecule has 1 aliphatic carbocycles. The molecule has 1 aliphatic rings. The lowest BCUT2D eigenvalue weighted by Crippen LogP contribution is -2.47. The van der Waals surface area contributed by atoms with Gasteiger partial charge in [0.05, 0.1) is 5.25 Å². The van der Waals surface area contributed by atoms with Crippen LogP contribution in [0.5, 0.6) is 0 Å². The van der Waals surface area contributed by atoms with Gasteiger partial charge in [0.1, 0.15) is 0 Å². The first-order valence-electron chi connectivity index (χ1n) is 6.40. The second kappa shape index (κ2) is 5.63. The van der Waals surface area contributed by atoms with Crippen molar-refractivity contribution in [3.05, 3.63) is 0 Å².